The lowest BCUT2D eigenvalue weighted by Crippen LogP contribution is -2.42. The van der Waals surface area contributed by atoms with Gasteiger partial charge in [0.2, 0.25) is 0 Å². The van der Waals surface area contributed by atoms with E-state index in [9.17, 15) is 5.11 Å². The lowest BCUT2D eigenvalue weighted by molar-refractivity contribution is -0.117. The van der Waals surface area contributed by atoms with E-state index in [-0.39, 0.29) is 11.5 Å². The Morgan fingerprint density at radius 3 is 3.11 bits per heavy atom. The fourth-order valence-electron chi connectivity index (χ4n) is 3.08. The van der Waals surface area contributed by atoms with E-state index in [1.165, 1.54) is 0 Å². The lowest BCUT2D eigenvalue weighted by atomic mass is 9.81. The molecule has 2 saturated heterocycles. The molecule has 3 rings (SSSR count). The number of aliphatic hydroxyl groups is 1. The first kappa shape index (κ1) is 13.0. The second kappa shape index (κ2) is 5.15. The van der Waals surface area contributed by atoms with E-state index in [4.69, 9.17) is 9.47 Å². The summed E-state index contributed by atoms with van der Waals surface area (Å²) in [6.45, 7) is 3.94. The largest absolute Gasteiger partial charge is 0.387 e. The molecule has 1 spiro atoms. The van der Waals surface area contributed by atoms with Crippen LogP contribution in [0.4, 0.5) is 0 Å². The summed E-state index contributed by atoms with van der Waals surface area (Å²) < 4.78 is 11.4. The average Bonchev–Trinajstić information content (AvgIpc) is 2.86. The second-order valence-electron chi connectivity index (χ2n) is 5.56. The zero-order chi connectivity index (χ0) is 13.3. The fraction of sp³-hybridized carbons (Fsp3) is 0.714. The minimum atomic E-state index is -0.539. The van der Waals surface area contributed by atoms with Gasteiger partial charge in [-0.15, -0.1) is 0 Å². The molecular weight excluding hydrogens is 244 g/mol. The summed E-state index contributed by atoms with van der Waals surface area (Å²) in [7, 11) is 0. The highest BCUT2D eigenvalue weighted by molar-refractivity contribution is 5.07. The monoisotopic (exact) mass is 264 g/mol. The van der Waals surface area contributed by atoms with E-state index >= 15 is 0 Å². The van der Waals surface area contributed by atoms with Crippen LogP contribution in [0.1, 0.15) is 36.9 Å². The molecule has 0 bridgehead atoms. The molecule has 0 aliphatic carbocycles. The van der Waals surface area contributed by atoms with E-state index in [1.54, 1.807) is 12.3 Å². The molecule has 1 aromatic heterocycles. The first-order valence-corrected chi connectivity index (χ1v) is 6.88. The van der Waals surface area contributed by atoms with E-state index in [0.717, 1.165) is 25.9 Å². The lowest BCUT2D eigenvalue weighted by Gasteiger charge is -2.38. The Labute approximate surface area is 113 Å². The first-order valence-electron chi connectivity index (χ1n) is 6.88. The van der Waals surface area contributed by atoms with Crippen molar-refractivity contribution in [3.8, 4) is 0 Å². The zero-order valence-electron chi connectivity index (χ0n) is 11.2. The molecule has 3 atom stereocenters. The van der Waals surface area contributed by atoms with Crippen LogP contribution in [-0.2, 0) is 9.47 Å². The van der Waals surface area contributed by atoms with Gasteiger partial charge in [-0.1, -0.05) is 0 Å². The average molecular weight is 264 g/mol. The van der Waals surface area contributed by atoms with Gasteiger partial charge >= 0.3 is 0 Å². The molecule has 0 saturated carbocycles. The van der Waals surface area contributed by atoms with Gasteiger partial charge in [-0.05, 0) is 31.7 Å². The molecule has 0 radical (unpaired) electrons. The summed E-state index contributed by atoms with van der Waals surface area (Å²) in [4.78, 5) is 8.40. The van der Waals surface area contributed by atoms with Crippen LogP contribution in [0.25, 0.3) is 0 Å². The van der Waals surface area contributed by atoms with Gasteiger partial charge in [0.15, 0.2) is 0 Å². The quantitative estimate of drug-likeness (QED) is 0.874. The van der Waals surface area contributed by atoms with Crippen LogP contribution in [-0.4, -0.2) is 40.5 Å². The summed E-state index contributed by atoms with van der Waals surface area (Å²) >= 11 is 0. The maximum atomic E-state index is 10.5. The maximum Gasteiger partial charge on any atom is 0.125 e. The van der Waals surface area contributed by atoms with Crippen LogP contribution >= 0.6 is 0 Å². The van der Waals surface area contributed by atoms with E-state index in [2.05, 4.69) is 9.97 Å². The van der Waals surface area contributed by atoms with Crippen molar-refractivity contribution in [2.45, 2.75) is 37.9 Å². The van der Waals surface area contributed by atoms with Crippen LogP contribution in [0, 0.1) is 12.8 Å². The number of ether oxygens (including phenoxy) is 2. The number of aromatic nitrogens is 2. The van der Waals surface area contributed by atoms with Crippen LogP contribution in [0.5, 0.6) is 0 Å². The van der Waals surface area contributed by atoms with E-state index < -0.39 is 6.10 Å². The summed E-state index contributed by atoms with van der Waals surface area (Å²) in [6.07, 6.45) is 3.81. The Morgan fingerprint density at radius 2 is 2.37 bits per heavy atom. The van der Waals surface area contributed by atoms with Gasteiger partial charge in [-0.3, -0.25) is 0 Å². The maximum absolute atomic E-state index is 10.5. The van der Waals surface area contributed by atoms with Gasteiger partial charge in [0.1, 0.15) is 5.82 Å². The Hall–Kier alpha value is -1.04. The number of nitrogens with zero attached hydrogens (tertiary/aromatic N) is 2. The van der Waals surface area contributed by atoms with Gasteiger partial charge in [-0.2, -0.15) is 0 Å². The number of hydrogen-bond donors (Lipinski definition) is 1. The SMILES string of the molecule is Cc1nccc(C(O)C2CCOC3(CCOC3)C2)n1. The Kier molecular flexibility index (Phi) is 3.52. The molecule has 1 N–H and O–H groups in total. The Morgan fingerprint density at radius 1 is 1.47 bits per heavy atom. The predicted molar refractivity (Wildman–Crippen MR) is 68.6 cm³/mol. The van der Waals surface area contributed by atoms with Crippen molar-refractivity contribution in [3.63, 3.8) is 0 Å². The van der Waals surface area contributed by atoms with Gasteiger partial charge in [-0.25, -0.2) is 9.97 Å². The minimum absolute atomic E-state index is 0.175. The van der Waals surface area contributed by atoms with Crippen molar-refractivity contribution in [2.24, 2.45) is 5.92 Å². The van der Waals surface area contributed by atoms with Gasteiger partial charge < -0.3 is 14.6 Å². The van der Waals surface area contributed by atoms with Crippen molar-refractivity contribution < 1.29 is 14.6 Å². The molecule has 19 heavy (non-hydrogen) atoms. The summed E-state index contributed by atoms with van der Waals surface area (Å²) in [5.74, 6) is 0.882. The third-order valence-corrected chi connectivity index (χ3v) is 4.15. The Balaban J connectivity index is 1.74. The molecule has 3 unspecified atom stereocenters. The molecular formula is C14H20N2O3. The first-order chi connectivity index (χ1) is 9.19. The molecule has 3 heterocycles. The molecule has 104 valence electrons. The smallest absolute Gasteiger partial charge is 0.125 e. The van der Waals surface area contributed by atoms with Gasteiger partial charge in [0, 0.05) is 25.8 Å². The Bertz CT molecular complexity index is 446. The highest BCUT2D eigenvalue weighted by atomic mass is 16.6. The zero-order valence-corrected chi connectivity index (χ0v) is 11.2. The van der Waals surface area contributed by atoms with Crippen LogP contribution < -0.4 is 0 Å². The fourth-order valence-corrected chi connectivity index (χ4v) is 3.08. The molecule has 2 aliphatic heterocycles. The summed E-state index contributed by atoms with van der Waals surface area (Å²) in [5.41, 5.74) is 0.542. The second-order valence-corrected chi connectivity index (χ2v) is 5.56. The summed E-state index contributed by atoms with van der Waals surface area (Å²) in [6, 6.07) is 1.80. The minimum Gasteiger partial charge on any atom is -0.387 e. The standard InChI is InChI=1S/C14H20N2O3/c1-10-15-5-2-12(16-10)13(17)11-3-6-19-14(8-11)4-7-18-9-14/h2,5,11,13,17H,3-4,6-9H2,1H3. The number of hydrogen-bond acceptors (Lipinski definition) is 5. The number of aryl methyl sites for hydroxylation is 1. The van der Waals surface area contributed by atoms with Crippen LogP contribution in [0.3, 0.4) is 0 Å². The van der Waals surface area contributed by atoms with E-state index in [1.807, 2.05) is 6.92 Å². The molecule has 0 aromatic carbocycles. The molecule has 2 aliphatic rings. The normalized spacial score (nSPS) is 32.6. The molecule has 5 nitrogen and oxygen atoms in total. The molecule has 0 amide bonds. The van der Waals surface area contributed by atoms with Crippen LogP contribution in [0.2, 0.25) is 0 Å². The molecule has 1 aromatic rings. The topological polar surface area (TPSA) is 64.5 Å². The van der Waals surface area contributed by atoms with Crippen molar-refractivity contribution in [3.05, 3.63) is 23.8 Å². The highest BCUT2D eigenvalue weighted by Crippen LogP contribution is 2.40. The van der Waals surface area contributed by atoms with Crippen molar-refractivity contribution in [1.82, 2.24) is 9.97 Å². The van der Waals surface area contributed by atoms with E-state index in [0.29, 0.717) is 24.7 Å². The molecule has 2 fully saturated rings. The van der Waals surface area contributed by atoms with Crippen molar-refractivity contribution in [1.29, 1.82) is 0 Å². The predicted octanol–water partition coefficient (Wildman–Crippen LogP) is 1.40. The number of rotatable bonds is 2. The van der Waals surface area contributed by atoms with Crippen LogP contribution in [0.15, 0.2) is 12.3 Å². The van der Waals surface area contributed by atoms with Crippen molar-refractivity contribution >= 4 is 0 Å². The highest BCUT2D eigenvalue weighted by Gasteiger charge is 2.43. The third kappa shape index (κ3) is 2.63. The number of aliphatic hydroxyl groups excluding tert-OH is 1. The molecule has 5 heteroatoms. The third-order valence-electron chi connectivity index (χ3n) is 4.15. The van der Waals surface area contributed by atoms with Gasteiger partial charge in [0.25, 0.3) is 0 Å². The van der Waals surface area contributed by atoms with Crippen molar-refractivity contribution in [2.75, 3.05) is 19.8 Å². The van der Waals surface area contributed by atoms with Gasteiger partial charge in [0.05, 0.1) is 24.0 Å². The summed E-state index contributed by atoms with van der Waals surface area (Å²) in [5, 5.41) is 10.5.